The molecule has 15 heavy (non-hydrogen) atoms. The highest BCUT2D eigenvalue weighted by Crippen LogP contribution is 2.20. The highest BCUT2D eigenvalue weighted by Gasteiger charge is 2.34. The first kappa shape index (κ1) is 12.3. The maximum Gasteiger partial charge on any atom is 0.317 e. The largest absolute Gasteiger partial charge is 0.383 e. The zero-order valence-corrected chi connectivity index (χ0v) is 9.66. The van der Waals surface area contributed by atoms with Crippen LogP contribution in [0.25, 0.3) is 0 Å². The lowest BCUT2D eigenvalue weighted by molar-refractivity contribution is 0.110. The van der Waals surface area contributed by atoms with Crippen molar-refractivity contribution in [1.82, 2.24) is 10.2 Å². The molecule has 1 rings (SSSR count). The van der Waals surface area contributed by atoms with Gasteiger partial charge >= 0.3 is 6.03 Å². The zero-order chi connectivity index (χ0) is 11.3. The van der Waals surface area contributed by atoms with Crippen LogP contribution in [0.2, 0.25) is 0 Å². The lowest BCUT2D eigenvalue weighted by Crippen LogP contribution is -2.44. The lowest BCUT2D eigenvalue weighted by Gasteiger charge is -2.23. The molecule has 0 spiro atoms. The number of urea groups is 1. The lowest BCUT2D eigenvalue weighted by atomic mass is 10.2. The third-order valence-electron chi connectivity index (χ3n) is 2.66. The Balaban J connectivity index is 2.55. The first-order valence-electron chi connectivity index (χ1n) is 5.29. The Morgan fingerprint density at radius 2 is 2.27 bits per heavy atom. The number of nitrogens with zero attached hydrogens (tertiary/aromatic N) is 1. The third kappa shape index (κ3) is 3.07. The van der Waals surface area contributed by atoms with Crippen molar-refractivity contribution in [3.05, 3.63) is 0 Å². The van der Waals surface area contributed by atoms with Gasteiger partial charge in [-0.05, 0) is 13.3 Å². The van der Waals surface area contributed by atoms with Gasteiger partial charge in [-0.2, -0.15) is 0 Å². The van der Waals surface area contributed by atoms with E-state index in [1.807, 2.05) is 6.92 Å². The van der Waals surface area contributed by atoms with Crippen LogP contribution in [-0.2, 0) is 9.47 Å². The number of hydrogen-bond donors (Lipinski definition) is 1. The van der Waals surface area contributed by atoms with E-state index in [1.54, 1.807) is 19.1 Å². The number of likely N-dealkylation sites (tertiary alicyclic amines) is 1. The Hall–Kier alpha value is -0.810. The van der Waals surface area contributed by atoms with Crippen molar-refractivity contribution < 1.29 is 14.3 Å². The Labute approximate surface area is 90.7 Å². The highest BCUT2D eigenvalue weighted by atomic mass is 16.5. The standard InChI is InChI=1S/C10H20N2O3/c1-4-11-10(13)12-6-9(15-3)5-8(12)7-14-2/h8-9H,4-7H2,1-3H3,(H,11,13)/t8-,9-/m0/s1. The number of rotatable bonds is 4. The molecule has 5 nitrogen and oxygen atoms in total. The predicted molar refractivity (Wildman–Crippen MR) is 56.9 cm³/mol. The summed E-state index contributed by atoms with van der Waals surface area (Å²) in [7, 11) is 3.33. The van der Waals surface area contributed by atoms with Gasteiger partial charge in [0, 0.05) is 27.3 Å². The molecule has 5 heteroatoms. The molecule has 0 aromatic rings. The summed E-state index contributed by atoms with van der Waals surface area (Å²) in [5.74, 6) is 0. The summed E-state index contributed by atoms with van der Waals surface area (Å²) in [4.78, 5) is 13.5. The minimum atomic E-state index is -0.0286. The summed E-state index contributed by atoms with van der Waals surface area (Å²) in [6.07, 6.45) is 0.981. The average Bonchev–Trinajstić information content (AvgIpc) is 2.62. The van der Waals surface area contributed by atoms with Crippen LogP contribution >= 0.6 is 0 Å². The number of ether oxygens (including phenoxy) is 2. The first-order valence-corrected chi connectivity index (χ1v) is 5.29. The van der Waals surface area contributed by atoms with E-state index in [4.69, 9.17) is 9.47 Å². The molecule has 0 aromatic carbocycles. The summed E-state index contributed by atoms with van der Waals surface area (Å²) < 4.78 is 10.4. The highest BCUT2D eigenvalue weighted by molar-refractivity contribution is 5.74. The van der Waals surface area contributed by atoms with Gasteiger partial charge in [0.05, 0.1) is 18.8 Å². The molecule has 0 unspecified atom stereocenters. The SMILES string of the molecule is CCNC(=O)N1C[C@@H](OC)C[C@H]1COC. The minimum absolute atomic E-state index is 0.0286. The molecule has 1 saturated heterocycles. The van der Waals surface area contributed by atoms with E-state index in [0.717, 1.165) is 6.42 Å². The normalized spacial score (nSPS) is 25.7. The second-order valence-corrected chi connectivity index (χ2v) is 3.69. The van der Waals surface area contributed by atoms with Crippen LogP contribution in [0.5, 0.6) is 0 Å². The predicted octanol–water partition coefficient (Wildman–Crippen LogP) is 0.452. The van der Waals surface area contributed by atoms with Gasteiger partial charge in [-0.15, -0.1) is 0 Å². The Kier molecular flexibility index (Phi) is 4.84. The molecule has 88 valence electrons. The van der Waals surface area contributed by atoms with E-state index >= 15 is 0 Å². The molecule has 0 radical (unpaired) electrons. The van der Waals surface area contributed by atoms with E-state index in [0.29, 0.717) is 19.7 Å². The fraction of sp³-hybridized carbons (Fsp3) is 0.900. The smallest absolute Gasteiger partial charge is 0.317 e. The summed E-state index contributed by atoms with van der Waals surface area (Å²) in [5, 5.41) is 2.80. The van der Waals surface area contributed by atoms with E-state index in [2.05, 4.69) is 5.32 Å². The molecular weight excluding hydrogens is 196 g/mol. The number of amides is 2. The zero-order valence-electron chi connectivity index (χ0n) is 9.66. The van der Waals surface area contributed by atoms with Crippen molar-refractivity contribution in [3.8, 4) is 0 Å². The van der Waals surface area contributed by atoms with Gasteiger partial charge in [-0.3, -0.25) is 0 Å². The van der Waals surface area contributed by atoms with E-state index in [1.165, 1.54) is 0 Å². The van der Waals surface area contributed by atoms with Gasteiger partial charge in [-0.25, -0.2) is 4.79 Å². The monoisotopic (exact) mass is 216 g/mol. The Bertz CT molecular complexity index is 211. The van der Waals surface area contributed by atoms with Crippen molar-refractivity contribution >= 4 is 6.03 Å². The van der Waals surface area contributed by atoms with Crippen molar-refractivity contribution in [1.29, 1.82) is 0 Å². The molecule has 2 atom stereocenters. The van der Waals surface area contributed by atoms with E-state index < -0.39 is 0 Å². The van der Waals surface area contributed by atoms with Gasteiger partial charge < -0.3 is 19.7 Å². The molecule has 0 bridgehead atoms. The fourth-order valence-corrected chi connectivity index (χ4v) is 1.90. The van der Waals surface area contributed by atoms with Crippen LogP contribution in [0.15, 0.2) is 0 Å². The van der Waals surface area contributed by atoms with Crippen LogP contribution in [0.1, 0.15) is 13.3 Å². The van der Waals surface area contributed by atoms with Gasteiger partial charge in [-0.1, -0.05) is 0 Å². The molecular formula is C10H20N2O3. The number of carbonyl (C=O) groups is 1. The molecule has 2 amide bonds. The van der Waals surface area contributed by atoms with E-state index in [-0.39, 0.29) is 18.2 Å². The summed E-state index contributed by atoms with van der Waals surface area (Å²) >= 11 is 0. The van der Waals surface area contributed by atoms with Gasteiger partial charge in [0.2, 0.25) is 0 Å². The van der Waals surface area contributed by atoms with Crippen LogP contribution in [0, 0.1) is 0 Å². The fourth-order valence-electron chi connectivity index (χ4n) is 1.90. The molecule has 1 fully saturated rings. The maximum absolute atomic E-state index is 11.7. The summed E-state index contributed by atoms with van der Waals surface area (Å²) in [6, 6.07) is 0.102. The summed E-state index contributed by atoms with van der Waals surface area (Å²) in [5.41, 5.74) is 0. The number of hydrogen-bond acceptors (Lipinski definition) is 3. The van der Waals surface area contributed by atoms with Crippen molar-refractivity contribution in [3.63, 3.8) is 0 Å². The average molecular weight is 216 g/mol. The third-order valence-corrected chi connectivity index (χ3v) is 2.66. The summed E-state index contributed by atoms with van der Waals surface area (Å²) in [6.45, 7) is 3.77. The van der Waals surface area contributed by atoms with Crippen LogP contribution in [0.3, 0.4) is 0 Å². The molecule has 1 N–H and O–H groups in total. The van der Waals surface area contributed by atoms with Crippen LogP contribution < -0.4 is 5.32 Å². The second kappa shape index (κ2) is 5.92. The quantitative estimate of drug-likeness (QED) is 0.742. The number of carbonyl (C=O) groups excluding carboxylic acids is 1. The van der Waals surface area contributed by atoms with Gasteiger partial charge in [0.25, 0.3) is 0 Å². The van der Waals surface area contributed by atoms with Crippen molar-refractivity contribution in [2.75, 3.05) is 33.9 Å². The Morgan fingerprint density at radius 3 is 2.80 bits per heavy atom. The number of methoxy groups -OCH3 is 2. The topological polar surface area (TPSA) is 50.8 Å². The molecule has 0 saturated carbocycles. The number of nitrogens with one attached hydrogen (secondary N) is 1. The van der Waals surface area contributed by atoms with Crippen molar-refractivity contribution in [2.24, 2.45) is 0 Å². The van der Waals surface area contributed by atoms with Crippen LogP contribution in [-0.4, -0.2) is 57.0 Å². The molecule has 0 aliphatic carbocycles. The van der Waals surface area contributed by atoms with Crippen LogP contribution in [0.4, 0.5) is 4.79 Å². The van der Waals surface area contributed by atoms with Gasteiger partial charge in [0.1, 0.15) is 0 Å². The van der Waals surface area contributed by atoms with E-state index in [9.17, 15) is 4.79 Å². The molecule has 1 aliphatic rings. The molecule has 1 aliphatic heterocycles. The second-order valence-electron chi connectivity index (χ2n) is 3.69. The molecule has 0 aromatic heterocycles. The Morgan fingerprint density at radius 1 is 1.53 bits per heavy atom. The molecule has 1 heterocycles. The van der Waals surface area contributed by atoms with Crippen molar-refractivity contribution in [2.45, 2.75) is 25.5 Å². The first-order chi connectivity index (χ1) is 7.22. The van der Waals surface area contributed by atoms with Gasteiger partial charge in [0.15, 0.2) is 0 Å². The maximum atomic E-state index is 11.7. The minimum Gasteiger partial charge on any atom is -0.383 e.